The van der Waals surface area contributed by atoms with E-state index in [9.17, 15) is 4.79 Å². The van der Waals surface area contributed by atoms with Gasteiger partial charge in [0.25, 0.3) is 0 Å². The zero-order valence-corrected chi connectivity index (χ0v) is 14.1. The Balaban J connectivity index is 1.59. The smallest absolute Gasteiger partial charge is 0.338 e. The average Bonchev–Trinajstić information content (AvgIpc) is 3.22. The van der Waals surface area contributed by atoms with E-state index in [4.69, 9.17) is 4.74 Å². The fraction of sp³-hybridized carbons (Fsp3) is 0.100. The minimum Gasteiger partial charge on any atom is -0.454 e. The fourth-order valence-corrected chi connectivity index (χ4v) is 2.95. The lowest BCUT2D eigenvalue weighted by Gasteiger charge is -2.16. The summed E-state index contributed by atoms with van der Waals surface area (Å²) in [5.41, 5.74) is 2.13. The second kappa shape index (κ2) is 6.76. The van der Waals surface area contributed by atoms with Crippen LogP contribution in [0.4, 0.5) is 0 Å². The van der Waals surface area contributed by atoms with E-state index in [0.717, 1.165) is 16.3 Å². The predicted octanol–water partition coefficient (Wildman–Crippen LogP) is 3.73. The monoisotopic (exact) mass is 344 g/mol. The number of tetrazole rings is 1. The van der Waals surface area contributed by atoms with Crippen molar-refractivity contribution in [2.45, 2.75) is 13.0 Å². The van der Waals surface area contributed by atoms with E-state index in [-0.39, 0.29) is 12.1 Å². The van der Waals surface area contributed by atoms with Gasteiger partial charge in [-0.3, -0.25) is 0 Å². The molecule has 0 aliphatic rings. The number of aromatic nitrogens is 4. The highest BCUT2D eigenvalue weighted by atomic mass is 16.5. The summed E-state index contributed by atoms with van der Waals surface area (Å²) in [6.07, 6.45) is 1.11. The number of carbonyl (C=O) groups is 1. The Labute approximate surface area is 150 Å². The third-order valence-electron chi connectivity index (χ3n) is 4.24. The van der Waals surface area contributed by atoms with Crippen molar-refractivity contribution in [2.24, 2.45) is 0 Å². The highest BCUT2D eigenvalue weighted by Gasteiger charge is 2.16. The minimum atomic E-state index is -0.389. The van der Waals surface area contributed by atoms with Gasteiger partial charge in [-0.2, -0.15) is 0 Å². The predicted molar refractivity (Wildman–Crippen MR) is 96.9 cm³/mol. The van der Waals surface area contributed by atoms with Crippen LogP contribution in [0.5, 0.6) is 0 Å². The van der Waals surface area contributed by atoms with Gasteiger partial charge in [0.1, 0.15) is 12.4 Å². The molecule has 4 aromatic rings. The maximum Gasteiger partial charge on any atom is 0.338 e. The van der Waals surface area contributed by atoms with Crippen LogP contribution in [0.2, 0.25) is 0 Å². The van der Waals surface area contributed by atoms with Crippen LogP contribution in [0.25, 0.3) is 16.5 Å². The molecule has 6 heteroatoms. The normalized spacial score (nSPS) is 12.0. The van der Waals surface area contributed by atoms with Gasteiger partial charge < -0.3 is 4.74 Å². The largest absolute Gasteiger partial charge is 0.454 e. The zero-order valence-electron chi connectivity index (χ0n) is 14.1. The minimum absolute atomic E-state index is 0.370. The molecule has 0 radical (unpaired) electrons. The molecule has 1 atom stereocenters. The third kappa shape index (κ3) is 3.04. The van der Waals surface area contributed by atoms with Crippen LogP contribution in [0, 0.1) is 0 Å². The highest BCUT2D eigenvalue weighted by molar-refractivity contribution is 5.91. The summed E-state index contributed by atoms with van der Waals surface area (Å²) >= 11 is 0. The molecule has 3 aromatic carbocycles. The molecule has 0 spiro atoms. The molecule has 0 bridgehead atoms. The molecule has 0 amide bonds. The quantitative estimate of drug-likeness (QED) is 0.528. The van der Waals surface area contributed by atoms with Gasteiger partial charge in [0, 0.05) is 0 Å². The topological polar surface area (TPSA) is 69.9 Å². The van der Waals surface area contributed by atoms with Crippen molar-refractivity contribution in [3.8, 4) is 5.69 Å². The number of benzene rings is 3. The SMILES string of the molecule is CC(OC(=O)c1cccc(-n2cnnn2)c1)c1cccc2ccccc12. The summed E-state index contributed by atoms with van der Waals surface area (Å²) in [5, 5.41) is 13.2. The van der Waals surface area contributed by atoms with Gasteiger partial charge in [-0.25, -0.2) is 9.48 Å². The van der Waals surface area contributed by atoms with Crippen LogP contribution in [0.3, 0.4) is 0 Å². The van der Waals surface area contributed by atoms with E-state index in [1.165, 1.54) is 11.0 Å². The Kier molecular flexibility index (Phi) is 4.15. The number of rotatable bonds is 4. The maximum atomic E-state index is 12.6. The van der Waals surface area contributed by atoms with E-state index in [0.29, 0.717) is 11.3 Å². The first kappa shape index (κ1) is 16.0. The van der Waals surface area contributed by atoms with E-state index in [1.54, 1.807) is 18.2 Å². The van der Waals surface area contributed by atoms with Crippen LogP contribution < -0.4 is 0 Å². The molecule has 0 saturated carbocycles. The van der Waals surface area contributed by atoms with E-state index >= 15 is 0 Å². The van der Waals surface area contributed by atoms with Crippen molar-refractivity contribution in [3.63, 3.8) is 0 Å². The summed E-state index contributed by atoms with van der Waals surface area (Å²) in [6, 6.07) is 21.1. The maximum absolute atomic E-state index is 12.6. The second-order valence-corrected chi connectivity index (χ2v) is 5.92. The number of hydrogen-bond donors (Lipinski definition) is 0. The molecule has 0 aliphatic heterocycles. The molecule has 1 aromatic heterocycles. The Morgan fingerprint density at radius 2 is 1.85 bits per heavy atom. The Hall–Kier alpha value is -3.54. The van der Waals surface area contributed by atoms with Gasteiger partial charge in [-0.05, 0) is 51.9 Å². The molecular formula is C20H16N4O2. The first-order chi connectivity index (χ1) is 12.7. The molecule has 0 N–H and O–H groups in total. The van der Waals surface area contributed by atoms with Gasteiger partial charge in [0.2, 0.25) is 0 Å². The Bertz CT molecular complexity index is 1060. The number of fused-ring (bicyclic) bond motifs is 1. The number of hydrogen-bond acceptors (Lipinski definition) is 5. The first-order valence-electron chi connectivity index (χ1n) is 8.24. The molecule has 1 heterocycles. The van der Waals surface area contributed by atoms with E-state index in [1.807, 2.05) is 55.5 Å². The molecular weight excluding hydrogens is 328 g/mol. The number of nitrogens with zero attached hydrogens (tertiary/aromatic N) is 4. The molecule has 128 valence electrons. The number of esters is 1. The summed E-state index contributed by atoms with van der Waals surface area (Å²) in [4.78, 5) is 12.6. The van der Waals surface area contributed by atoms with Crippen LogP contribution in [0.15, 0.2) is 73.1 Å². The van der Waals surface area contributed by atoms with E-state index < -0.39 is 0 Å². The van der Waals surface area contributed by atoms with Crippen molar-refractivity contribution < 1.29 is 9.53 Å². The van der Waals surface area contributed by atoms with Gasteiger partial charge in [0.05, 0.1) is 11.3 Å². The summed E-state index contributed by atoms with van der Waals surface area (Å²) in [6.45, 7) is 1.88. The number of carbonyl (C=O) groups excluding carboxylic acids is 1. The zero-order chi connectivity index (χ0) is 17.9. The first-order valence-corrected chi connectivity index (χ1v) is 8.24. The van der Waals surface area contributed by atoms with Crippen LogP contribution in [-0.2, 0) is 4.74 Å². The van der Waals surface area contributed by atoms with Crippen LogP contribution >= 0.6 is 0 Å². The number of ether oxygens (including phenoxy) is 1. The molecule has 26 heavy (non-hydrogen) atoms. The summed E-state index contributed by atoms with van der Waals surface area (Å²) < 4.78 is 7.19. The standard InChI is InChI=1S/C20H16N4O2/c1-14(18-11-5-7-15-6-2-3-10-19(15)18)26-20(25)16-8-4-9-17(12-16)24-13-21-22-23-24/h2-14H,1H3. The molecule has 0 saturated heterocycles. The van der Waals surface area contributed by atoms with Gasteiger partial charge >= 0.3 is 5.97 Å². The summed E-state index contributed by atoms with van der Waals surface area (Å²) in [5.74, 6) is -0.389. The molecule has 0 fully saturated rings. The van der Waals surface area contributed by atoms with Gasteiger partial charge in [-0.1, -0.05) is 48.5 Å². The van der Waals surface area contributed by atoms with Crippen LogP contribution in [-0.4, -0.2) is 26.2 Å². The lowest BCUT2D eigenvalue weighted by Crippen LogP contribution is -2.10. The molecule has 4 rings (SSSR count). The van der Waals surface area contributed by atoms with Crippen molar-refractivity contribution >= 4 is 16.7 Å². The van der Waals surface area contributed by atoms with Crippen molar-refractivity contribution in [3.05, 3.63) is 84.2 Å². The van der Waals surface area contributed by atoms with Crippen molar-refractivity contribution in [1.29, 1.82) is 0 Å². The molecule has 1 unspecified atom stereocenters. The Morgan fingerprint density at radius 1 is 1.04 bits per heavy atom. The Morgan fingerprint density at radius 3 is 2.69 bits per heavy atom. The molecule has 6 nitrogen and oxygen atoms in total. The lowest BCUT2D eigenvalue weighted by molar-refractivity contribution is 0.0340. The van der Waals surface area contributed by atoms with Crippen molar-refractivity contribution in [2.75, 3.05) is 0 Å². The second-order valence-electron chi connectivity index (χ2n) is 5.92. The highest BCUT2D eigenvalue weighted by Crippen LogP contribution is 2.27. The lowest BCUT2D eigenvalue weighted by atomic mass is 10.0. The van der Waals surface area contributed by atoms with Crippen molar-refractivity contribution in [1.82, 2.24) is 20.2 Å². The van der Waals surface area contributed by atoms with Gasteiger partial charge in [-0.15, -0.1) is 5.10 Å². The summed E-state index contributed by atoms with van der Waals surface area (Å²) in [7, 11) is 0. The van der Waals surface area contributed by atoms with Gasteiger partial charge in [0.15, 0.2) is 0 Å². The average molecular weight is 344 g/mol. The van der Waals surface area contributed by atoms with Crippen LogP contribution in [0.1, 0.15) is 28.9 Å². The third-order valence-corrected chi connectivity index (χ3v) is 4.24. The molecule has 0 aliphatic carbocycles. The van der Waals surface area contributed by atoms with E-state index in [2.05, 4.69) is 15.5 Å². The fourth-order valence-electron chi connectivity index (χ4n) is 2.95.